The molecule has 0 saturated carbocycles. The van der Waals surface area contributed by atoms with E-state index in [-0.39, 0.29) is 19.0 Å². The largest absolute Gasteiger partial charge is 0.339 e. The predicted octanol–water partition coefficient (Wildman–Crippen LogP) is 1.31. The van der Waals surface area contributed by atoms with Crippen molar-refractivity contribution in [3.05, 3.63) is 34.9 Å². The number of benzene rings is 1. The van der Waals surface area contributed by atoms with Crippen molar-refractivity contribution in [3.8, 4) is 0 Å². The molecule has 1 aliphatic rings. The molecule has 1 saturated heterocycles. The van der Waals surface area contributed by atoms with Crippen LogP contribution < -0.4 is 0 Å². The fourth-order valence-electron chi connectivity index (χ4n) is 2.83. The fraction of sp³-hybridized carbons (Fsp3) is 0.588. The lowest BCUT2D eigenvalue weighted by Crippen LogP contribution is -2.51. The summed E-state index contributed by atoms with van der Waals surface area (Å²) in [6.45, 7) is 6.23. The summed E-state index contributed by atoms with van der Waals surface area (Å²) >= 11 is 5.86. The summed E-state index contributed by atoms with van der Waals surface area (Å²) in [5.74, 6) is -0.128. The van der Waals surface area contributed by atoms with Crippen LogP contribution in [0.2, 0.25) is 5.02 Å². The lowest BCUT2D eigenvalue weighted by Gasteiger charge is -2.35. The number of carbonyl (C=O) groups excluding carboxylic acids is 1. The number of carbonyl (C=O) groups is 1. The molecule has 0 radical (unpaired) electrons. The van der Waals surface area contributed by atoms with E-state index in [0.29, 0.717) is 24.5 Å². The van der Waals surface area contributed by atoms with Gasteiger partial charge in [-0.3, -0.25) is 4.79 Å². The lowest BCUT2D eigenvalue weighted by atomic mass is 10.1. The molecule has 1 heterocycles. The Morgan fingerprint density at radius 3 is 2.28 bits per heavy atom. The number of sulfonamides is 1. The van der Waals surface area contributed by atoms with E-state index in [1.165, 1.54) is 4.31 Å². The van der Waals surface area contributed by atoms with E-state index in [0.717, 1.165) is 31.5 Å². The average Bonchev–Trinajstić information content (AvgIpc) is 2.59. The van der Waals surface area contributed by atoms with Gasteiger partial charge < -0.3 is 9.80 Å². The maximum atomic E-state index is 12.5. The van der Waals surface area contributed by atoms with Gasteiger partial charge in [-0.2, -0.15) is 4.31 Å². The van der Waals surface area contributed by atoms with Crippen LogP contribution in [0.1, 0.15) is 12.5 Å². The summed E-state index contributed by atoms with van der Waals surface area (Å²) in [6, 6.07) is 7.29. The molecule has 1 fully saturated rings. The molecule has 1 aliphatic heterocycles. The third-order valence-corrected chi connectivity index (χ3v) is 6.02. The van der Waals surface area contributed by atoms with E-state index in [1.807, 2.05) is 12.1 Å². The molecule has 1 aromatic carbocycles. The number of hydrogen-bond acceptors (Lipinski definition) is 4. The third-order valence-electron chi connectivity index (χ3n) is 4.52. The van der Waals surface area contributed by atoms with Gasteiger partial charge in [0.25, 0.3) is 0 Å². The summed E-state index contributed by atoms with van der Waals surface area (Å²) in [7, 11) is -3.44. The zero-order valence-electron chi connectivity index (χ0n) is 14.8. The normalized spacial score (nSPS) is 16.4. The Balaban J connectivity index is 1.93. The Hall–Kier alpha value is -1.15. The molecule has 2 rings (SSSR count). The molecule has 0 N–H and O–H groups in total. The van der Waals surface area contributed by atoms with Crippen molar-refractivity contribution in [3.63, 3.8) is 0 Å². The summed E-state index contributed by atoms with van der Waals surface area (Å²) in [5, 5.41) is 0.644. The first-order valence-electron chi connectivity index (χ1n) is 8.49. The van der Waals surface area contributed by atoms with Crippen LogP contribution in [0.4, 0.5) is 0 Å². The smallest absolute Gasteiger partial charge is 0.237 e. The van der Waals surface area contributed by atoms with Crippen molar-refractivity contribution in [2.45, 2.75) is 13.3 Å². The van der Waals surface area contributed by atoms with Crippen molar-refractivity contribution < 1.29 is 13.2 Å². The quantitative estimate of drug-likeness (QED) is 0.707. The van der Waals surface area contributed by atoms with Crippen LogP contribution >= 0.6 is 11.6 Å². The van der Waals surface area contributed by atoms with Gasteiger partial charge in [0.2, 0.25) is 15.9 Å². The van der Waals surface area contributed by atoms with Gasteiger partial charge in [0.05, 0.1) is 12.8 Å². The number of likely N-dealkylation sites (N-methyl/N-ethyl adjacent to an activating group) is 1. The molecular weight excluding hydrogens is 362 g/mol. The third kappa shape index (κ3) is 6.26. The Labute approximate surface area is 155 Å². The standard InChI is InChI=1S/C17H26ClN3O3S/c1-3-19-10-12-20(13-11-19)17(22)14-21(25(2,23)24)9-8-15-4-6-16(18)7-5-15/h4-7H,3,8-14H2,1-2H3. The zero-order chi connectivity index (χ0) is 18.4. The molecular formula is C17H26ClN3O3S. The number of amides is 1. The molecule has 25 heavy (non-hydrogen) atoms. The Morgan fingerprint density at radius 1 is 1.16 bits per heavy atom. The number of hydrogen-bond donors (Lipinski definition) is 0. The predicted molar refractivity (Wildman–Crippen MR) is 100 cm³/mol. The lowest BCUT2D eigenvalue weighted by molar-refractivity contribution is -0.133. The molecule has 0 aliphatic carbocycles. The molecule has 0 unspecified atom stereocenters. The highest BCUT2D eigenvalue weighted by Crippen LogP contribution is 2.12. The Morgan fingerprint density at radius 2 is 1.76 bits per heavy atom. The maximum absolute atomic E-state index is 12.5. The first-order valence-corrected chi connectivity index (χ1v) is 10.7. The molecule has 1 aromatic rings. The van der Waals surface area contributed by atoms with Gasteiger partial charge in [0.1, 0.15) is 0 Å². The number of piperazine rings is 1. The van der Waals surface area contributed by atoms with Gasteiger partial charge in [0, 0.05) is 37.7 Å². The highest BCUT2D eigenvalue weighted by Gasteiger charge is 2.25. The van der Waals surface area contributed by atoms with Gasteiger partial charge in [-0.05, 0) is 30.7 Å². The number of nitrogens with zero attached hydrogens (tertiary/aromatic N) is 3. The molecule has 0 atom stereocenters. The van der Waals surface area contributed by atoms with Crippen LogP contribution in [0, 0.1) is 0 Å². The molecule has 8 heteroatoms. The van der Waals surface area contributed by atoms with Crippen molar-refractivity contribution in [1.82, 2.24) is 14.1 Å². The van der Waals surface area contributed by atoms with Crippen LogP contribution in [0.15, 0.2) is 24.3 Å². The number of halogens is 1. The van der Waals surface area contributed by atoms with E-state index >= 15 is 0 Å². The summed E-state index contributed by atoms with van der Waals surface area (Å²) < 4.78 is 25.4. The van der Waals surface area contributed by atoms with Gasteiger partial charge >= 0.3 is 0 Å². The Kier molecular flexibility index (Phi) is 7.25. The van der Waals surface area contributed by atoms with Crippen molar-refractivity contribution >= 4 is 27.5 Å². The minimum atomic E-state index is -3.44. The van der Waals surface area contributed by atoms with Crippen molar-refractivity contribution in [2.24, 2.45) is 0 Å². The highest BCUT2D eigenvalue weighted by atomic mass is 35.5. The monoisotopic (exact) mass is 387 g/mol. The van der Waals surface area contributed by atoms with Gasteiger partial charge in [-0.25, -0.2) is 8.42 Å². The van der Waals surface area contributed by atoms with E-state index < -0.39 is 10.0 Å². The van der Waals surface area contributed by atoms with Gasteiger partial charge in [-0.15, -0.1) is 0 Å². The van der Waals surface area contributed by atoms with E-state index in [4.69, 9.17) is 11.6 Å². The second-order valence-corrected chi connectivity index (χ2v) is 8.71. The topological polar surface area (TPSA) is 60.9 Å². The second kappa shape index (κ2) is 8.98. The minimum absolute atomic E-state index is 0.0987. The van der Waals surface area contributed by atoms with Crippen LogP contribution in [0.3, 0.4) is 0 Å². The van der Waals surface area contributed by atoms with Crippen LogP contribution in [0.25, 0.3) is 0 Å². The van der Waals surface area contributed by atoms with E-state index in [2.05, 4.69) is 11.8 Å². The fourth-order valence-corrected chi connectivity index (χ4v) is 3.73. The van der Waals surface area contributed by atoms with Crippen molar-refractivity contribution in [2.75, 3.05) is 52.1 Å². The second-order valence-electron chi connectivity index (χ2n) is 6.29. The number of rotatable bonds is 7. The highest BCUT2D eigenvalue weighted by molar-refractivity contribution is 7.88. The van der Waals surface area contributed by atoms with Gasteiger partial charge in [-0.1, -0.05) is 30.7 Å². The van der Waals surface area contributed by atoms with Crippen LogP contribution in [-0.2, 0) is 21.2 Å². The van der Waals surface area contributed by atoms with Crippen LogP contribution in [0.5, 0.6) is 0 Å². The van der Waals surface area contributed by atoms with Gasteiger partial charge in [0.15, 0.2) is 0 Å². The van der Waals surface area contributed by atoms with Crippen LogP contribution in [-0.4, -0.2) is 80.5 Å². The van der Waals surface area contributed by atoms with Crippen molar-refractivity contribution in [1.29, 1.82) is 0 Å². The molecule has 0 aromatic heterocycles. The summed E-state index contributed by atoms with van der Waals surface area (Å²) in [5.41, 5.74) is 0.988. The maximum Gasteiger partial charge on any atom is 0.237 e. The first kappa shape index (κ1) is 20.2. The van der Waals surface area contributed by atoms with E-state index in [9.17, 15) is 13.2 Å². The molecule has 0 spiro atoms. The summed E-state index contributed by atoms with van der Waals surface area (Å²) in [4.78, 5) is 16.5. The minimum Gasteiger partial charge on any atom is -0.339 e. The zero-order valence-corrected chi connectivity index (χ0v) is 16.4. The SMILES string of the molecule is CCN1CCN(C(=O)CN(CCc2ccc(Cl)cc2)S(C)(=O)=O)CC1. The Bertz CT molecular complexity index is 671. The molecule has 6 nitrogen and oxygen atoms in total. The molecule has 1 amide bonds. The average molecular weight is 388 g/mol. The molecule has 0 bridgehead atoms. The van der Waals surface area contributed by atoms with E-state index in [1.54, 1.807) is 17.0 Å². The molecule has 140 valence electrons. The first-order chi connectivity index (χ1) is 11.8. The summed E-state index contributed by atoms with van der Waals surface area (Å²) in [6.07, 6.45) is 1.69.